The maximum atomic E-state index is 11.0. The van der Waals surface area contributed by atoms with Crippen molar-refractivity contribution < 1.29 is 24.2 Å². The number of hydrogen-bond donors (Lipinski definition) is 1. The Morgan fingerprint density at radius 2 is 1.86 bits per heavy atom. The molecule has 1 heterocycles. The maximum absolute atomic E-state index is 11.0. The number of allylic oxidation sites excluding steroid dienone is 2. The quantitative estimate of drug-likeness (QED) is 0.487. The van der Waals surface area contributed by atoms with Crippen LogP contribution in [0.2, 0.25) is 0 Å². The van der Waals surface area contributed by atoms with Gasteiger partial charge in [0.15, 0.2) is 0 Å². The summed E-state index contributed by atoms with van der Waals surface area (Å²) in [4.78, 5) is 32.5. The van der Waals surface area contributed by atoms with Gasteiger partial charge < -0.3 is 9.84 Å². The minimum atomic E-state index is -1.15. The molecule has 0 atom stereocenters. The predicted molar refractivity (Wildman–Crippen MR) is 75.4 cm³/mol. The molecule has 2 aliphatic rings. The monoisotopic (exact) mass is 288 g/mol. The molecular weight excluding hydrogens is 272 g/mol. The number of benzene rings is 1. The van der Waals surface area contributed by atoms with Crippen molar-refractivity contribution >= 4 is 17.9 Å². The second kappa shape index (κ2) is 6.35. The number of carbonyl (C=O) groups is 3. The van der Waals surface area contributed by atoms with Crippen molar-refractivity contribution in [1.29, 1.82) is 0 Å². The molecule has 1 aromatic carbocycles. The van der Waals surface area contributed by atoms with Gasteiger partial charge in [-0.2, -0.15) is 0 Å². The zero-order valence-corrected chi connectivity index (χ0v) is 11.7. The third kappa shape index (κ3) is 3.56. The molecule has 1 N–H and O–H groups in total. The van der Waals surface area contributed by atoms with Gasteiger partial charge in [0.1, 0.15) is 0 Å². The maximum Gasteiger partial charge on any atom is 0.346 e. The third-order valence-corrected chi connectivity index (χ3v) is 3.41. The Kier molecular flexibility index (Phi) is 4.52. The largest absolute Gasteiger partial charge is 0.478 e. The predicted octanol–water partition coefficient (Wildman–Crippen LogP) is 3.20. The molecule has 0 fully saturated rings. The van der Waals surface area contributed by atoms with Crippen LogP contribution in [0.1, 0.15) is 63.7 Å². The Morgan fingerprint density at radius 3 is 2.38 bits per heavy atom. The summed E-state index contributed by atoms with van der Waals surface area (Å²) in [5.41, 5.74) is 1.66. The summed E-state index contributed by atoms with van der Waals surface area (Å²) in [6.07, 6.45) is 7.86. The van der Waals surface area contributed by atoms with Crippen LogP contribution in [0, 0.1) is 0 Å². The van der Waals surface area contributed by atoms with Crippen LogP contribution in [0.3, 0.4) is 0 Å². The summed E-state index contributed by atoms with van der Waals surface area (Å²) in [5, 5.41) is 8.63. The van der Waals surface area contributed by atoms with E-state index in [1.165, 1.54) is 37.8 Å². The van der Waals surface area contributed by atoms with Crippen molar-refractivity contribution in [2.24, 2.45) is 0 Å². The first-order valence-electron chi connectivity index (χ1n) is 6.78. The molecule has 5 heteroatoms. The Morgan fingerprint density at radius 1 is 1.14 bits per heavy atom. The minimum absolute atomic E-state index is 0.00917. The summed E-state index contributed by atoms with van der Waals surface area (Å²) in [6.45, 7) is 2.22. The van der Waals surface area contributed by atoms with Crippen LogP contribution in [-0.4, -0.2) is 23.0 Å². The van der Waals surface area contributed by atoms with E-state index in [-0.39, 0.29) is 16.7 Å². The highest BCUT2D eigenvalue weighted by Gasteiger charge is 2.30. The minimum Gasteiger partial charge on any atom is -0.478 e. The van der Waals surface area contributed by atoms with Gasteiger partial charge in [-0.15, -0.1) is 0 Å². The van der Waals surface area contributed by atoms with Crippen LogP contribution in [0.15, 0.2) is 29.8 Å². The van der Waals surface area contributed by atoms with Gasteiger partial charge in [-0.3, -0.25) is 0 Å². The van der Waals surface area contributed by atoms with Crippen LogP contribution in [0.5, 0.6) is 0 Å². The third-order valence-electron chi connectivity index (χ3n) is 3.41. The highest BCUT2D eigenvalue weighted by molar-refractivity contribution is 6.15. The number of fused-ring (bicyclic) bond motifs is 1. The standard InChI is InChI=1S/C9H4O5.C7H12/c10-7(11)4-1-2-5-6(3-4)9(13)14-8(5)12;1-7-5-3-2-4-6-7/h1-3H,(H,10,11);5H,2-4,6H2,1H3. The second-order valence-corrected chi connectivity index (χ2v) is 5.04. The van der Waals surface area contributed by atoms with Gasteiger partial charge in [0.05, 0.1) is 16.7 Å². The van der Waals surface area contributed by atoms with E-state index in [9.17, 15) is 14.4 Å². The summed E-state index contributed by atoms with van der Waals surface area (Å²) >= 11 is 0. The lowest BCUT2D eigenvalue weighted by Crippen LogP contribution is -2.00. The van der Waals surface area contributed by atoms with E-state index >= 15 is 0 Å². The van der Waals surface area contributed by atoms with E-state index in [0.29, 0.717) is 0 Å². The summed E-state index contributed by atoms with van der Waals surface area (Å²) in [5.74, 6) is -2.69. The average Bonchev–Trinajstić information content (AvgIpc) is 2.75. The van der Waals surface area contributed by atoms with Gasteiger partial charge in [0.2, 0.25) is 0 Å². The SMILES string of the molecule is CC1=CCCCC1.O=C(O)c1ccc2c(c1)C(=O)OC2=O. The normalized spacial score (nSPS) is 16.3. The molecular formula is C16H16O5. The fraction of sp³-hybridized carbons (Fsp3) is 0.312. The van der Waals surface area contributed by atoms with Gasteiger partial charge in [0, 0.05) is 0 Å². The first kappa shape index (κ1) is 15.0. The van der Waals surface area contributed by atoms with Gasteiger partial charge >= 0.3 is 17.9 Å². The number of aromatic carboxylic acids is 1. The van der Waals surface area contributed by atoms with E-state index in [0.717, 1.165) is 6.07 Å². The molecule has 0 amide bonds. The van der Waals surface area contributed by atoms with Crippen molar-refractivity contribution in [2.75, 3.05) is 0 Å². The Labute approximate surface area is 122 Å². The van der Waals surface area contributed by atoms with Crippen LogP contribution in [-0.2, 0) is 4.74 Å². The lowest BCUT2D eigenvalue weighted by Gasteiger charge is -2.05. The number of carboxylic acid groups (broad SMARTS) is 1. The summed E-state index contributed by atoms with van der Waals surface area (Å²) in [6, 6.07) is 3.65. The second-order valence-electron chi connectivity index (χ2n) is 5.04. The zero-order valence-electron chi connectivity index (χ0n) is 11.7. The fourth-order valence-corrected chi connectivity index (χ4v) is 2.22. The van der Waals surface area contributed by atoms with E-state index in [2.05, 4.69) is 17.7 Å². The summed E-state index contributed by atoms with van der Waals surface area (Å²) < 4.78 is 4.30. The molecule has 0 aromatic heterocycles. The molecule has 0 spiro atoms. The van der Waals surface area contributed by atoms with Crippen molar-refractivity contribution in [3.8, 4) is 0 Å². The van der Waals surface area contributed by atoms with E-state index in [1.807, 2.05) is 0 Å². The van der Waals surface area contributed by atoms with E-state index < -0.39 is 17.9 Å². The van der Waals surface area contributed by atoms with E-state index in [1.54, 1.807) is 5.57 Å². The fourth-order valence-electron chi connectivity index (χ4n) is 2.22. The number of carbonyl (C=O) groups excluding carboxylic acids is 2. The molecule has 1 aromatic rings. The Balaban J connectivity index is 0.000000194. The molecule has 5 nitrogen and oxygen atoms in total. The van der Waals surface area contributed by atoms with Gasteiger partial charge in [-0.05, 0) is 50.8 Å². The molecule has 0 bridgehead atoms. The van der Waals surface area contributed by atoms with Crippen molar-refractivity contribution in [3.63, 3.8) is 0 Å². The number of hydrogen-bond acceptors (Lipinski definition) is 4. The number of ether oxygens (including phenoxy) is 1. The first-order valence-corrected chi connectivity index (χ1v) is 6.78. The molecule has 1 aliphatic carbocycles. The van der Waals surface area contributed by atoms with Gasteiger partial charge in [-0.1, -0.05) is 11.6 Å². The number of carboxylic acids is 1. The van der Waals surface area contributed by atoms with Crippen LogP contribution < -0.4 is 0 Å². The lowest BCUT2D eigenvalue weighted by atomic mass is 10.0. The molecule has 0 saturated carbocycles. The van der Waals surface area contributed by atoms with Gasteiger partial charge in [0.25, 0.3) is 0 Å². The zero-order chi connectivity index (χ0) is 15.4. The topological polar surface area (TPSA) is 80.7 Å². The van der Waals surface area contributed by atoms with Crippen molar-refractivity contribution in [3.05, 3.63) is 46.5 Å². The number of cyclic esters (lactones) is 2. The van der Waals surface area contributed by atoms with Crippen LogP contribution in [0.4, 0.5) is 0 Å². The molecule has 110 valence electrons. The highest BCUT2D eigenvalue weighted by atomic mass is 16.6. The number of esters is 2. The molecule has 1 aliphatic heterocycles. The van der Waals surface area contributed by atoms with Crippen LogP contribution >= 0.6 is 0 Å². The highest BCUT2D eigenvalue weighted by Crippen LogP contribution is 2.21. The van der Waals surface area contributed by atoms with Crippen LogP contribution in [0.25, 0.3) is 0 Å². The molecule has 3 rings (SSSR count). The summed E-state index contributed by atoms with van der Waals surface area (Å²) in [7, 11) is 0. The Bertz CT molecular complexity index is 628. The van der Waals surface area contributed by atoms with E-state index in [4.69, 9.17) is 5.11 Å². The lowest BCUT2D eigenvalue weighted by molar-refractivity contribution is 0.0443. The average molecular weight is 288 g/mol. The molecule has 0 radical (unpaired) electrons. The molecule has 21 heavy (non-hydrogen) atoms. The smallest absolute Gasteiger partial charge is 0.346 e. The molecule has 0 saturated heterocycles. The Hall–Kier alpha value is -2.43. The first-order chi connectivity index (χ1) is 9.99. The van der Waals surface area contributed by atoms with Gasteiger partial charge in [-0.25, -0.2) is 14.4 Å². The molecule has 0 unspecified atom stereocenters. The van der Waals surface area contributed by atoms with Crippen molar-refractivity contribution in [1.82, 2.24) is 0 Å². The van der Waals surface area contributed by atoms with Crippen molar-refractivity contribution in [2.45, 2.75) is 32.6 Å². The number of rotatable bonds is 1.